The molecular weight excluding hydrogens is 350 g/mol. The van der Waals surface area contributed by atoms with Crippen molar-refractivity contribution in [2.24, 2.45) is 5.92 Å². The first-order valence-corrected chi connectivity index (χ1v) is 9.47. The molecule has 0 saturated carbocycles. The Morgan fingerprint density at radius 2 is 2.19 bits per heavy atom. The number of anilines is 1. The van der Waals surface area contributed by atoms with Crippen molar-refractivity contribution >= 4 is 29.9 Å². The molecule has 3 N–H and O–H groups in total. The quantitative estimate of drug-likeness (QED) is 0.771. The van der Waals surface area contributed by atoms with Gasteiger partial charge in [-0.2, -0.15) is 0 Å². The molecule has 1 aliphatic heterocycles. The summed E-state index contributed by atoms with van der Waals surface area (Å²) in [7, 11) is 0. The SMILES string of the molecule is CCCC(C)N1CC(C(=O)NC2CCCc3cc(N)ccc32)CC1=O.Cl. The van der Waals surface area contributed by atoms with Crippen molar-refractivity contribution < 1.29 is 9.59 Å². The predicted molar refractivity (Wildman–Crippen MR) is 106 cm³/mol. The van der Waals surface area contributed by atoms with Crippen LogP contribution in [0.1, 0.15) is 63.1 Å². The van der Waals surface area contributed by atoms with Crippen molar-refractivity contribution in [3.8, 4) is 0 Å². The van der Waals surface area contributed by atoms with Crippen molar-refractivity contribution in [1.82, 2.24) is 10.2 Å². The zero-order valence-corrected chi connectivity index (χ0v) is 16.5. The number of likely N-dealkylation sites (tertiary alicyclic amines) is 1. The topological polar surface area (TPSA) is 75.4 Å². The van der Waals surface area contributed by atoms with Gasteiger partial charge < -0.3 is 16.0 Å². The van der Waals surface area contributed by atoms with Crippen molar-refractivity contribution in [2.75, 3.05) is 12.3 Å². The highest BCUT2D eigenvalue weighted by atomic mass is 35.5. The van der Waals surface area contributed by atoms with Gasteiger partial charge in [0.15, 0.2) is 0 Å². The largest absolute Gasteiger partial charge is 0.399 e. The van der Waals surface area contributed by atoms with E-state index in [9.17, 15) is 9.59 Å². The molecule has 5 nitrogen and oxygen atoms in total. The van der Waals surface area contributed by atoms with E-state index in [-0.39, 0.29) is 42.2 Å². The van der Waals surface area contributed by atoms with Gasteiger partial charge in [-0.1, -0.05) is 19.4 Å². The summed E-state index contributed by atoms with van der Waals surface area (Å²) in [4.78, 5) is 26.9. The lowest BCUT2D eigenvalue weighted by Crippen LogP contribution is -2.38. The Morgan fingerprint density at radius 3 is 2.92 bits per heavy atom. The standard InChI is InChI=1S/C20H29N3O2.ClH/c1-3-5-13(2)23-12-15(11-19(23)24)20(25)22-18-7-4-6-14-10-16(21)8-9-17(14)18;/h8-10,13,15,18H,3-7,11-12,21H2,1-2H3,(H,22,25);1H. The van der Waals surface area contributed by atoms with Crippen molar-refractivity contribution in [1.29, 1.82) is 0 Å². The maximum atomic E-state index is 12.7. The molecule has 2 amide bonds. The minimum absolute atomic E-state index is 0. The van der Waals surface area contributed by atoms with Crippen LogP contribution in [0.5, 0.6) is 0 Å². The number of hydrogen-bond acceptors (Lipinski definition) is 3. The van der Waals surface area contributed by atoms with Crippen molar-refractivity contribution in [2.45, 2.75) is 64.5 Å². The fourth-order valence-electron chi connectivity index (χ4n) is 4.18. The second-order valence-corrected chi connectivity index (χ2v) is 7.50. The third-order valence-electron chi connectivity index (χ3n) is 5.57. The van der Waals surface area contributed by atoms with E-state index >= 15 is 0 Å². The average Bonchev–Trinajstić information content (AvgIpc) is 2.97. The zero-order chi connectivity index (χ0) is 18.0. The van der Waals surface area contributed by atoms with Gasteiger partial charge in [0.2, 0.25) is 11.8 Å². The maximum Gasteiger partial charge on any atom is 0.225 e. The second kappa shape index (κ2) is 8.76. The number of nitrogens with one attached hydrogen (secondary N) is 1. The molecule has 1 fully saturated rings. The molecule has 3 atom stereocenters. The van der Waals surface area contributed by atoms with E-state index in [1.807, 2.05) is 23.1 Å². The number of nitrogens with two attached hydrogens (primary N) is 1. The molecule has 1 heterocycles. The number of hydrogen-bond donors (Lipinski definition) is 2. The monoisotopic (exact) mass is 379 g/mol. The van der Waals surface area contributed by atoms with Crippen LogP contribution in [-0.2, 0) is 16.0 Å². The number of benzene rings is 1. The Morgan fingerprint density at radius 1 is 1.42 bits per heavy atom. The first kappa shape index (κ1) is 20.6. The van der Waals surface area contributed by atoms with Gasteiger partial charge in [0.25, 0.3) is 0 Å². The summed E-state index contributed by atoms with van der Waals surface area (Å²) in [6.45, 7) is 4.74. The van der Waals surface area contributed by atoms with Gasteiger partial charge >= 0.3 is 0 Å². The van der Waals surface area contributed by atoms with Crippen LogP contribution >= 0.6 is 12.4 Å². The molecule has 0 spiro atoms. The average molecular weight is 380 g/mol. The lowest BCUT2D eigenvalue weighted by molar-refractivity contribution is -0.130. The van der Waals surface area contributed by atoms with E-state index < -0.39 is 0 Å². The van der Waals surface area contributed by atoms with Gasteiger partial charge in [0, 0.05) is 24.7 Å². The molecule has 144 valence electrons. The number of carbonyl (C=O) groups is 2. The Kier molecular flexibility index (Phi) is 6.93. The Balaban J connectivity index is 0.00000243. The molecule has 3 unspecified atom stereocenters. The molecule has 1 aromatic rings. The lowest BCUT2D eigenvalue weighted by Gasteiger charge is -2.28. The molecule has 2 aliphatic rings. The van der Waals surface area contributed by atoms with Crippen LogP contribution in [0.3, 0.4) is 0 Å². The molecule has 26 heavy (non-hydrogen) atoms. The molecule has 3 rings (SSSR count). The number of carbonyl (C=O) groups excluding carboxylic acids is 2. The predicted octanol–water partition coefficient (Wildman–Crippen LogP) is 3.22. The van der Waals surface area contributed by atoms with Gasteiger partial charge in [0.05, 0.1) is 12.0 Å². The summed E-state index contributed by atoms with van der Waals surface area (Å²) < 4.78 is 0. The number of aryl methyl sites for hydroxylation is 1. The highest BCUT2D eigenvalue weighted by molar-refractivity contribution is 5.89. The van der Waals surface area contributed by atoms with Crippen LogP contribution in [0, 0.1) is 5.92 Å². The molecule has 1 aliphatic carbocycles. The van der Waals surface area contributed by atoms with Crippen LogP contribution in [0.15, 0.2) is 18.2 Å². The molecule has 0 radical (unpaired) electrons. The van der Waals surface area contributed by atoms with E-state index in [1.54, 1.807) is 0 Å². The highest BCUT2D eigenvalue weighted by Crippen LogP contribution is 2.32. The summed E-state index contributed by atoms with van der Waals surface area (Å²) >= 11 is 0. The van der Waals surface area contributed by atoms with Crippen molar-refractivity contribution in [3.63, 3.8) is 0 Å². The van der Waals surface area contributed by atoms with Crippen molar-refractivity contribution in [3.05, 3.63) is 29.3 Å². The number of nitrogen functional groups attached to an aromatic ring is 1. The first-order chi connectivity index (χ1) is 12.0. The summed E-state index contributed by atoms with van der Waals surface area (Å²) in [5.74, 6) is -0.113. The third kappa shape index (κ3) is 4.32. The van der Waals surface area contributed by atoms with Crippen LogP contribution in [0.25, 0.3) is 0 Å². The normalized spacial score (nSPS) is 23.2. The number of rotatable bonds is 5. The van der Waals surface area contributed by atoms with E-state index in [2.05, 4.69) is 19.2 Å². The van der Waals surface area contributed by atoms with Gasteiger partial charge in [-0.05, 0) is 55.9 Å². The molecule has 1 saturated heterocycles. The summed E-state index contributed by atoms with van der Waals surface area (Å²) in [5.41, 5.74) is 9.06. The van der Waals surface area contributed by atoms with Crippen LogP contribution in [-0.4, -0.2) is 29.3 Å². The third-order valence-corrected chi connectivity index (χ3v) is 5.57. The van der Waals surface area contributed by atoms with E-state index in [0.717, 1.165) is 37.8 Å². The van der Waals surface area contributed by atoms with E-state index in [1.165, 1.54) is 11.1 Å². The number of amides is 2. The summed E-state index contributed by atoms with van der Waals surface area (Å²) in [5, 5.41) is 3.19. The Bertz CT molecular complexity index is 664. The fourth-order valence-corrected chi connectivity index (χ4v) is 4.18. The fraction of sp³-hybridized carbons (Fsp3) is 0.600. The minimum atomic E-state index is -0.231. The number of halogens is 1. The van der Waals surface area contributed by atoms with Crippen LogP contribution < -0.4 is 11.1 Å². The summed E-state index contributed by atoms with van der Waals surface area (Å²) in [6, 6.07) is 6.20. The van der Waals surface area contributed by atoms with Gasteiger partial charge in [-0.3, -0.25) is 9.59 Å². The van der Waals surface area contributed by atoms with Gasteiger partial charge in [0.1, 0.15) is 0 Å². The summed E-state index contributed by atoms with van der Waals surface area (Å²) in [6.07, 6.45) is 5.36. The number of fused-ring (bicyclic) bond motifs is 1. The lowest BCUT2D eigenvalue weighted by atomic mass is 9.87. The van der Waals surface area contributed by atoms with Gasteiger partial charge in [-0.25, -0.2) is 0 Å². The molecular formula is C20H30ClN3O2. The zero-order valence-electron chi connectivity index (χ0n) is 15.7. The molecule has 6 heteroatoms. The second-order valence-electron chi connectivity index (χ2n) is 7.50. The maximum absolute atomic E-state index is 12.7. The Hall–Kier alpha value is -1.75. The minimum Gasteiger partial charge on any atom is -0.399 e. The van der Waals surface area contributed by atoms with Crippen LogP contribution in [0.2, 0.25) is 0 Å². The Labute approximate surface area is 162 Å². The number of nitrogens with zero attached hydrogens (tertiary/aromatic N) is 1. The smallest absolute Gasteiger partial charge is 0.225 e. The van der Waals surface area contributed by atoms with Gasteiger partial charge in [-0.15, -0.1) is 12.4 Å². The molecule has 0 bridgehead atoms. The highest BCUT2D eigenvalue weighted by Gasteiger charge is 2.37. The first-order valence-electron chi connectivity index (χ1n) is 9.47. The molecule has 1 aromatic carbocycles. The molecule has 0 aromatic heterocycles. The van der Waals surface area contributed by atoms with E-state index in [0.29, 0.717) is 13.0 Å². The van der Waals surface area contributed by atoms with E-state index in [4.69, 9.17) is 5.73 Å². The van der Waals surface area contributed by atoms with Crippen LogP contribution in [0.4, 0.5) is 5.69 Å².